The second-order valence-electron chi connectivity index (χ2n) is 5.68. The molecule has 1 aromatic carbocycles. The number of anilines is 1. The second kappa shape index (κ2) is 5.33. The van der Waals surface area contributed by atoms with Crippen molar-refractivity contribution in [1.29, 1.82) is 0 Å². The third-order valence-electron chi connectivity index (χ3n) is 3.87. The molecule has 0 spiro atoms. The van der Waals surface area contributed by atoms with E-state index in [0.717, 1.165) is 29.1 Å². The number of benzene rings is 1. The molecule has 0 saturated carbocycles. The molecule has 3 rings (SSSR count). The van der Waals surface area contributed by atoms with Gasteiger partial charge in [0.15, 0.2) is 0 Å². The summed E-state index contributed by atoms with van der Waals surface area (Å²) in [6, 6.07) is 9.94. The van der Waals surface area contributed by atoms with Crippen molar-refractivity contribution in [3.63, 3.8) is 0 Å². The minimum atomic E-state index is -0.00990. The maximum absolute atomic E-state index is 12.6. The highest BCUT2D eigenvalue weighted by molar-refractivity contribution is 5.94. The largest absolute Gasteiger partial charge is 0.326 e. The van der Waals surface area contributed by atoms with Crippen molar-refractivity contribution in [2.45, 2.75) is 32.9 Å². The predicted molar refractivity (Wildman–Crippen MR) is 82.2 cm³/mol. The van der Waals surface area contributed by atoms with Crippen LogP contribution in [0.1, 0.15) is 17.0 Å². The van der Waals surface area contributed by atoms with E-state index in [0.29, 0.717) is 6.54 Å². The number of hydrogen-bond acceptors (Lipinski definition) is 3. The Kier molecular flexibility index (Phi) is 3.51. The van der Waals surface area contributed by atoms with Crippen LogP contribution in [0.15, 0.2) is 30.3 Å². The lowest BCUT2D eigenvalue weighted by molar-refractivity contribution is -0.119. The van der Waals surface area contributed by atoms with Gasteiger partial charge in [-0.05, 0) is 38.0 Å². The van der Waals surface area contributed by atoms with Crippen LogP contribution >= 0.6 is 0 Å². The SMILES string of the molecule is Cc1cc(C)n(CC(=O)N2CC(N)Cc3ccccc32)n1. The number of aryl methyl sites for hydroxylation is 2. The summed E-state index contributed by atoms with van der Waals surface area (Å²) in [5.74, 6) is 0.0313. The van der Waals surface area contributed by atoms with Crippen LogP contribution in [0.4, 0.5) is 5.69 Å². The number of hydrogen-bond donors (Lipinski definition) is 1. The molecule has 1 atom stereocenters. The van der Waals surface area contributed by atoms with E-state index < -0.39 is 0 Å². The van der Waals surface area contributed by atoms with Gasteiger partial charge in [-0.25, -0.2) is 0 Å². The molecule has 0 fully saturated rings. The number of nitrogens with two attached hydrogens (primary N) is 1. The van der Waals surface area contributed by atoms with E-state index in [4.69, 9.17) is 5.73 Å². The maximum Gasteiger partial charge on any atom is 0.248 e. The van der Waals surface area contributed by atoms with Crippen molar-refractivity contribution >= 4 is 11.6 Å². The van der Waals surface area contributed by atoms with Crippen molar-refractivity contribution in [2.24, 2.45) is 5.73 Å². The molecule has 0 bridgehead atoms. The lowest BCUT2D eigenvalue weighted by atomic mass is 9.98. The van der Waals surface area contributed by atoms with Crippen LogP contribution < -0.4 is 10.6 Å². The number of carbonyl (C=O) groups excluding carboxylic acids is 1. The van der Waals surface area contributed by atoms with Gasteiger partial charge >= 0.3 is 0 Å². The molecule has 110 valence electrons. The summed E-state index contributed by atoms with van der Waals surface area (Å²) in [7, 11) is 0. The fourth-order valence-electron chi connectivity index (χ4n) is 2.91. The van der Waals surface area contributed by atoms with Crippen LogP contribution in [-0.4, -0.2) is 28.3 Å². The Labute approximate surface area is 124 Å². The van der Waals surface area contributed by atoms with Crippen LogP contribution in [0.2, 0.25) is 0 Å². The van der Waals surface area contributed by atoms with E-state index >= 15 is 0 Å². The molecule has 1 unspecified atom stereocenters. The molecule has 1 aliphatic rings. The van der Waals surface area contributed by atoms with Gasteiger partial charge in [-0.3, -0.25) is 9.48 Å². The van der Waals surface area contributed by atoms with E-state index in [9.17, 15) is 4.79 Å². The number of aromatic nitrogens is 2. The van der Waals surface area contributed by atoms with E-state index in [2.05, 4.69) is 5.10 Å². The lowest BCUT2D eigenvalue weighted by Gasteiger charge is -2.33. The molecule has 1 amide bonds. The Morgan fingerprint density at radius 2 is 2.14 bits per heavy atom. The van der Waals surface area contributed by atoms with Crippen molar-refractivity contribution in [2.75, 3.05) is 11.4 Å². The number of nitrogens with zero attached hydrogens (tertiary/aromatic N) is 3. The van der Waals surface area contributed by atoms with Gasteiger partial charge < -0.3 is 10.6 Å². The Hall–Kier alpha value is -2.14. The Balaban J connectivity index is 1.86. The van der Waals surface area contributed by atoms with E-state index in [-0.39, 0.29) is 18.5 Å². The maximum atomic E-state index is 12.6. The molecule has 2 aromatic rings. The van der Waals surface area contributed by atoms with Gasteiger partial charge in [0, 0.05) is 24.0 Å². The molecule has 21 heavy (non-hydrogen) atoms. The van der Waals surface area contributed by atoms with Crippen LogP contribution in [-0.2, 0) is 17.8 Å². The Morgan fingerprint density at radius 3 is 2.86 bits per heavy atom. The van der Waals surface area contributed by atoms with E-state index in [1.54, 1.807) is 9.58 Å². The summed E-state index contributed by atoms with van der Waals surface area (Å²) in [5.41, 5.74) is 10.1. The molecular weight excluding hydrogens is 264 g/mol. The lowest BCUT2D eigenvalue weighted by Crippen LogP contribution is -2.47. The topological polar surface area (TPSA) is 64.2 Å². The van der Waals surface area contributed by atoms with Crippen molar-refractivity contribution in [3.05, 3.63) is 47.3 Å². The van der Waals surface area contributed by atoms with E-state index in [1.165, 1.54) is 0 Å². The number of fused-ring (bicyclic) bond motifs is 1. The summed E-state index contributed by atoms with van der Waals surface area (Å²) in [4.78, 5) is 14.4. The first-order chi connectivity index (χ1) is 10.0. The van der Waals surface area contributed by atoms with E-state index in [1.807, 2.05) is 44.2 Å². The summed E-state index contributed by atoms with van der Waals surface area (Å²) in [6.07, 6.45) is 0.819. The highest BCUT2D eigenvalue weighted by Gasteiger charge is 2.26. The van der Waals surface area contributed by atoms with Crippen LogP contribution in [0.25, 0.3) is 0 Å². The molecule has 5 nitrogen and oxygen atoms in total. The molecule has 1 aliphatic heterocycles. The standard InChI is InChI=1S/C16H20N4O/c1-11-7-12(2)20(18-11)10-16(21)19-9-14(17)8-13-5-3-4-6-15(13)19/h3-7,14H,8-10,17H2,1-2H3. The third-order valence-corrected chi connectivity index (χ3v) is 3.87. The predicted octanol–water partition coefficient (Wildman–Crippen LogP) is 1.42. The average molecular weight is 284 g/mol. The molecule has 0 saturated heterocycles. The summed E-state index contributed by atoms with van der Waals surface area (Å²) < 4.78 is 1.75. The van der Waals surface area contributed by atoms with Crippen LogP contribution in [0.3, 0.4) is 0 Å². The molecule has 2 N–H and O–H groups in total. The highest BCUT2D eigenvalue weighted by Crippen LogP contribution is 2.26. The third kappa shape index (κ3) is 2.69. The minimum absolute atomic E-state index is 0.00990. The smallest absolute Gasteiger partial charge is 0.248 e. The normalized spacial score (nSPS) is 17.7. The van der Waals surface area contributed by atoms with Gasteiger partial charge in [-0.15, -0.1) is 0 Å². The van der Waals surface area contributed by atoms with Crippen LogP contribution in [0, 0.1) is 13.8 Å². The summed E-state index contributed by atoms with van der Waals surface area (Å²) in [5, 5.41) is 4.36. The molecule has 0 aliphatic carbocycles. The van der Waals surface area contributed by atoms with Gasteiger partial charge in [-0.2, -0.15) is 5.10 Å². The molecule has 2 heterocycles. The number of amides is 1. The molecule has 0 radical (unpaired) electrons. The average Bonchev–Trinajstić information content (AvgIpc) is 2.75. The monoisotopic (exact) mass is 284 g/mol. The first kappa shape index (κ1) is 13.8. The van der Waals surface area contributed by atoms with Crippen molar-refractivity contribution in [1.82, 2.24) is 9.78 Å². The summed E-state index contributed by atoms with van der Waals surface area (Å²) >= 11 is 0. The Morgan fingerprint density at radius 1 is 1.38 bits per heavy atom. The van der Waals surface area contributed by atoms with Crippen molar-refractivity contribution < 1.29 is 4.79 Å². The minimum Gasteiger partial charge on any atom is -0.326 e. The van der Waals surface area contributed by atoms with Gasteiger partial charge in [0.25, 0.3) is 0 Å². The number of para-hydroxylation sites is 1. The fourth-order valence-corrected chi connectivity index (χ4v) is 2.91. The quantitative estimate of drug-likeness (QED) is 0.907. The second-order valence-corrected chi connectivity index (χ2v) is 5.68. The zero-order valence-corrected chi connectivity index (χ0v) is 12.4. The number of carbonyl (C=O) groups is 1. The first-order valence-electron chi connectivity index (χ1n) is 7.19. The van der Waals surface area contributed by atoms with Crippen LogP contribution in [0.5, 0.6) is 0 Å². The Bertz CT molecular complexity index is 677. The summed E-state index contributed by atoms with van der Waals surface area (Å²) in [6.45, 7) is 4.71. The first-order valence-corrected chi connectivity index (χ1v) is 7.19. The fraction of sp³-hybridized carbons (Fsp3) is 0.375. The molecule has 1 aromatic heterocycles. The molecular formula is C16H20N4O. The van der Waals surface area contributed by atoms with Crippen molar-refractivity contribution in [3.8, 4) is 0 Å². The highest BCUT2D eigenvalue weighted by atomic mass is 16.2. The van der Waals surface area contributed by atoms with Gasteiger partial charge in [0.1, 0.15) is 6.54 Å². The number of rotatable bonds is 2. The molecule has 5 heteroatoms. The zero-order valence-electron chi connectivity index (χ0n) is 12.4. The zero-order chi connectivity index (χ0) is 15.0. The van der Waals surface area contributed by atoms with Gasteiger partial charge in [-0.1, -0.05) is 18.2 Å². The van der Waals surface area contributed by atoms with Gasteiger partial charge in [0.05, 0.1) is 5.69 Å². The van der Waals surface area contributed by atoms with Gasteiger partial charge in [0.2, 0.25) is 5.91 Å².